The molecule has 3 rings (SSSR count). The fourth-order valence-electron chi connectivity index (χ4n) is 3.05. The van der Waals surface area contributed by atoms with Gasteiger partial charge in [-0.1, -0.05) is 12.1 Å². The fourth-order valence-corrected chi connectivity index (χ4v) is 3.05. The highest BCUT2D eigenvalue weighted by Gasteiger charge is 2.19. The number of rotatable bonds is 4. The molecule has 118 valence electrons. The van der Waals surface area contributed by atoms with Gasteiger partial charge < -0.3 is 5.32 Å². The zero-order valence-corrected chi connectivity index (χ0v) is 13.5. The summed E-state index contributed by atoms with van der Waals surface area (Å²) in [4.78, 5) is 6.72. The Bertz CT molecular complexity index is 679. The molecule has 23 heavy (non-hydrogen) atoms. The lowest BCUT2D eigenvalue weighted by Gasteiger charge is -2.32. The third-order valence-corrected chi connectivity index (χ3v) is 4.32. The topological polar surface area (TPSA) is 52.0 Å². The Labute approximate surface area is 137 Å². The number of piperidine rings is 1. The van der Waals surface area contributed by atoms with Crippen LogP contribution in [-0.4, -0.2) is 29.0 Å². The summed E-state index contributed by atoms with van der Waals surface area (Å²) in [6.07, 6.45) is 6.07. The van der Waals surface area contributed by atoms with Crippen molar-refractivity contribution in [1.29, 1.82) is 5.26 Å². The van der Waals surface area contributed by atoms with Crippen LogP contribution < -0.4 is 5.32 Å². The molecule has 4 heteroatoms. The van der Waals surface area contributed by atoms with Crippen LogP contribution in [-0.2, 0) is 6.54 Å². The van der Waals surface area contributed by atoms with Crippen molar-refractivity contribution in [3.63, 3.8) is 0 Å². The highest BCUT2D eigenvalue weighted by molar-refractivity contribution is 5.43. The summed E-state index contributed by atoms with van der Waals surface area (Å²) < 4.78 is 0. The molecule has 1 saturated heterocycles. The second-order valence-electron chi connectivity index (χ2n) is 6.25. The van der Waals surface area contributed by atoms with Crippen LogP contribution in [0.25, 0.3) is 0 Å². The van der Waals surface area contributed by atoms with Gasteiger partial charge in [-0.05, 0) is 49.1 Å². The van der Waals surface area contributed by atoms with Gasteiger partial charge in [0, 0.05) is 38.1 Å². The van der Waals surface area contributed by atoms with Crippen molar-refractivity contribution >= 4 is 5.69 Å². The zero-order chi connectivity index (χ0) is 16.1. The van der Waals surface area contributed by atoms with Gasteiger partial charge >= 0.3 is 0 Å². The van der Waals surface area contributed by atoms with Gasteiger partial charge in [-0.25, -0.2) is 0 Å². The SMILES string of the molecule is Cc1cncc(NC2CCN(Cc3ccc(C#N)cc3)CC2)c1. The molecule has 0 amide bonds. The number of anilines is 1. The monoisotopic (exact) mass is 306 g/mol. The van der Waals surface area contributed by atoms with Gasteiger partial charge in [-0.15, -0.1) is 0 Å². The Morgan fingerprint density at radius 1 is 1.22 bits per heavy atom. The van der Waals surface area contributed by atoms with E-state index in [1.54, 1.807) is 0 Å². The minimum absolute atomic E-state index is 0.524. The number of nitrogens with one attached hydrogen (secondary N) is 1. The summed E-state index contributed by atoms with van der Waals surface area (Å²) in [5.41, 5.74) is 4.31. The Morgan fingerprint density at radius 2 is 1.96 bits per heavy atom. The summed E-state index contributed by atoms with van der Waals surface area (Å²) in [5, 5.41) is 12.4. The molecular formula is C19H22N4. The van der Waals surface area contributed by atoms with Crippen molar-refractivity contribution in [3.8, 4) is 6.07 Å². The summed E-state index contributed by atoms with van der Waals surface area (Å²) in [7, 11) is 0. The first kappa shape index (κ1) is 15.5. The molecule has 0 aliphatic carbocycles. The molecule has 1 aliphatic rings. The molecule has 1 N–H and O–H groups in total. The smallest absolute Gasteiger partial charge is 0.0991 e. The Kier molecular flexibility index (Phi) is 4.89. The number of hydrogen-bond acceptors (Lipinski definition) is 4. The van der Waals surface area contributed by atoms with Gasteiger partial charge in [0.25, 0.3) is 0 Å². The molecule has 0 radical (unpaired) electrons. The molecule has 0 spiro atoms. The lowest BCUT2D eigenvalue weighted by molar-refractivity contribution is 0.211. The van der Waals surface area contributed by atoms with Crippen LogP contribution in [0.2, 0.25) is 0 Å². The second kappa shape index (κ2) is 7.26. The van der Waals surface area contributed by atoms with Gasteiger partial charge in [-0.2, -0.15) is 5.26 Å². The van der Waals surface area contributed by atoms with E-state index in [1.165, 1.54) is 11.1 Å². The van der Waals surface area contributed by atoms with Crippen LogP contribution in [0.5, 0.6) is 0 Å². The molecule has 1 aliphatic heterocycles. The predicted molar refractivity (Wildman–Crippen MR) is 92.1 cm³/mol. The van der Waals surface area contributed by atoms with Crippen LogP contribution in [0.3, 0.4) is 0 Å². The molecule has 0 bridgehead atoms. The summed E-state index contributed by atoms with van der Waals surface area (Å²) >= 11 is 0. The van der Waals surface area contributed by atoms with Gasteiger partial charge in [0.2, 0.25) is 0 Å². The van der Waals surface area contributed by atoms with E-state index in [-0.39, 0.29) is 0 Å². The first-order chi connectivity index (χ1) is 11.2. The fraction of sp³-hybridized carbons (Fsp3) is 0.368. The van der Waals surface area contributed by atoms with Crippen molar-refractivity contribution in [3.05, 3.63) is 59.4 Å². The largest absolute Gasteiger partial charge is 0.381 e. The molecule has 0 saturated carbocycles. The highest BCUT2D eigenvalue weighted by Crippen LogP contribution is 2.18. The molecule has 4 nitrogen and oxygen atoms in total. The first-order valence-electron chi connectivity index (χ1n) is 8.12. The van der Waals surface area contributed by atoms with Crippen LogP contribution in [0.15, 0.2) is 42.7 Å². The van der Waals surface area contributed by atoms with Crippen molar-refractivity contribution in [1.82, 2.24) is 9.88 Å². The van der Waals surface area contributed by atoms with E-state index >= 15 is 0 Å². The van der Waals surface area contributed by atoms with Crippen LogP contribution in [0.4, 0.5) is 5.69 Å². The number of aryl methyl sites for hydroxylation is 1. The molecule has 1 fully saturated rings. The Balaban J connectivity index is 1.49. The molecular weight excluding hydrogens is 284 g/mol. The quantitative estimate of drug-likeness (QED) is 0.941. The van der Waals surface area contributed by atoms with Crippen LogP contribution >= 0.6 is 0 Å². The maximum atomic E-state index is 8.85. The molecule has 2 heterocycles. The number of benzene rings is 1. The third-order valence-electron chi connectivity index (χ3n) is 4.32. The van der Waals surface area contributed by atoms with Crippen LogP contribution in [0, 0.1) is 18.3 Å². The zero-order valence-electron chi connectivity index (χ0n) is 13.5. The maximum absolute atomic E-state index is 8.85. The lowest BCUT2D eigenvalue weighted by atomic mass is 10.0. The van der Waals surface area contributed by atoms with Crippen molar-refractivity contribution in [2.24, 2.45) is 0 Å². The molecule has 0 atom stereocenters. The summed E-state index contributed by atoms with van der Waals surface area (Å²) in [6.45, 7) is 5.22. The standard InChI is InChI=1S/C19H22N4/c1-15-10-19(13-21-12-15)22-18-6-8-23(9-7-18)14-17-4-2-16(11-20)3-5-17/h2-5,10,12-13,18,22H,6-9,14H2,1H3. The van der Waals surface area contributed by atoms with Crippen LogP contribution in [0.1, 0.15) is 29.5 Å². The normalized spacial score (nSPS) is 16.0. The predicted octanol–water partition coefficient (Wildman–Crippen LogP) is 3.34. The van der Waals surface area contributed by atoms with E-state index in [0.717, 1.165) is 43.7 Å². The van der Waals surface area contributed by atoms with Crippen molar-refractivity contribution in [2.45, 2.75) is 32.4 Å². The van der Waals surface area contributed by atoms with Gasteiger partial charge in [0.05, 0.1) is 17.3 Å². The number of nitrogens with zero attached hydrogens (tertiary/aromatic N) is 3. The number of likely N-dealkylation sites (tertiary alicyclic amines) is 1. The Hall–Kier alpha value is -2.38. The van der Waals surface area contributed by atoms with E-state index in [2.05, 4.69) is 46.4 Å². The molecule has 2 aromatic rings. The Morgan fingerprint density at radius 3 is 2.61 bits per heavy atom. The highest BCUT2D eigenvalue weighted by atomic mass is 15.1. The number of nitriles is 1. The van der Waals surface area contributed by atoms with Crippen molar-refractivity contribution < 1.29 is 0 Å². The van der Waals surface area contributed by atoms with Gasteiger partial charge in [0.1, 0.15) is 0 Å². The van der Waals surface area contributed by atoms with E-state index < -0.39 is 0 Å². The third kappa shape index (κ3) is 4.30. The average molecular weight is 306 g/mol. The van der Waals surface area contributed by atoms with Gasteiger partial charge in [0.15, 0.2) is 0 Å². The van der Waals surface area contributed by atoms with E-state index in [9.17, 15) is 0 Å². The maximum Gasteiger partial charge on any atom is 0.0991 e. The number of aromatic nitrogens is 1. The lowest BCUT2D eigenvalue weighted by Crippen LogP contribution is -2.38. The summed E-state index contributed by atoms with van der Waals surface area (Å²) in [6, 6.07) is 12.7. The second-order valence-corrected chi connectivity index (χ2v) is 6.25. The van der Waals surface area contributed by atoms with E-state index in [4.69, 9.17) is 5.26 Å². The number of hydrogen-bond donors (Lipinski definition) is 1. The average Bonchev–Trinajstić information content (AvgIpc) is 2.57. The van der Waals surface area contributed by atoms with Gasteiger partial charge in [-0.3, -0.25) is 9.88 Å². The van der Waals surface area contributed by atoms with E-state index in [1.807, 2.05) is 24.5 Å². The minimum atomic E-state index is 0.524. The van der Waals surface area contributed by atoms with Crippen molar-refractivity contribution in [2.75, 3.05) is 18.4 Å². The number of pyridine rings is 1. The molecule has 1 aromatic heterocycles. The molecule has 1 aromatic carbocycles. The van der Waals surface area contributed by atoms with E-state index in [0.29, 0.717) is 6.04 Å². The molecule has 0 unspecified atom stereocenters. The first-order valence-corrected chi connectivity index (χ1v) is 8.12. The minimum Gasteiger partial charge on any atom is -0.381 e. The summed E-state index contributed by atoms with van der Waals surface area (Å²) in [5.74, 6) is 0.